The first kappa shape index (κ1) is 9.30. The topological polar surface area (TPSA) is 17.8 Å². The molecule has 0 fully saturated rings. The van der Waals surface area contributed by atoms with E-state index in [1.807, 2.05) is 6.92 Å². The highest BCUT2D eigenvalue weighted by Gasteiger charge is 2.09. The summed E-state index contributed by atoms with van der Waals surface area (Å²) in [5, 5.41) is 4.47. The van der Waals surface area contributed by atoms with Gasteiger partial charge in [0.15, 0.2) is 0 Å². The molecular weight excluding hydrogens is 148 g/mol. The van der Waals surface area contributed by atoms with Crippen LogP contribution in [-0.2, 0) is 0 Å². The minimum Gasteiger partial charge on any atom is -0.267 e. The van der Waals surface area contributed by atoms with Crippen molar-refractivity contribution in [1.82, 2.24) is 9.78 Å². The summed E-state index contributed by atoms with van der Waals surface area (Å²) in [5.74, 6) is 0. The van der Waals surface area contributed by atoms with E-state index in [-0.39, 0.29) is 0 Å². The lowest BCUT2D eigenvalue weighted by molar-refractivity contribution is 0.418. The standard InChI is InChI=1S/C10H18N2/c1-5-10(6-2)12-9(4)7-8(3)11-12/h7,10H,5-6H2,1-4H3. The van der Waals surface area contributed by atoms with E-state index in [0.717, 1.165) is 5.69 Å². The minimum atomic E-state index is 0.582. The molecule has 0 unspecified atom stereocenters. The van der Waals surface area contributed by atoms with Gasteiger partial charge in [0.25, 0.3) is 0 Å². The fourth-order valence-electron chi connectivity index (χ4n) is 1.65. The van der Waals surface area contributed by atoms with E-state index < -0.39 is 0 Å². The third-order valence-corrected chi connectivity index (χ3v) is 2.33. The Hall–Kier alpha value is -0.790. The molecule has 0 aromatic carbocycles. The van der Waals surface area contributed by atoms with Crippen molar-refractivity contribution in [1.29, 1.82) is 0 Å². The van der Waals surface area contributed by atoms with Gasteiger partial charge in [-0.3, -0.25) is 4.68 Å². The van der Waals surface area contributed by atoms with E-state index in [1.165, 1.54) is 18.5 Å². The van der Waals surface area contributed by atoms with Gasteiger partial charge < -0.3 is 0 Å². The van der Waals surface area contributed by atoms with Crippen LogP contribution in [0.15, 0.2) is 6.07 Å². The third kappa shape index (κ3) is 1.68. The minimum absolute atomic E-state index is 0.582. The molecule has 0 N–H and O–H groups in total. The SMILES string of the molecule is CCC(CC)n1nc(C)cc1C. The van der Waals surface area contributed by atoms with Gasteiger partial charge in [0.05, 0.1) is 11.7 Å². The summed E-state index contributed by atoms with van der Waals surface area (Å²) in [7, 11) is 0. The normalized spacial score (nSPS) is 11.1. The quantitative estimate of drug-likeness (QED) is 0.675. The highest BCUT2D eigenvalue weighted by molar-refractivity contribution is 5.07. The van der Waals surface area contributed by atoms with Gasteiger partial charge in [-0.15, -0.1) is 0 Å². The van der Waals surface area contributed by atoms with Crippen LogP contribution in [0.2, 0.25) is 0 Å². The maximum atomic E-state index is 4.47. The van der Waals surface area contributed by atoms with Crippen molar-refractivity contribution in [2.45, 2.75) is 46.6 Å². The predicted molar refractivity (Wildman–Crippen MR) is 51.3 cm³/mol. The fourth-order valence-corrected chi connectivity index (χ4v) is 1.65. The molecule has 1 aromatic heterocycles. The zero-order chi connectivity index (χ0) is 9.14. The second-order valence-electron chi connectivity index (χ2n) is 3.34. The summed E-state index contributed by atoms with van der Waals surface area (Å²) in [4.78, 5) is 0. The Balaban J connectivity index is 2.91. The summed E-state index contributed by atoms with van der Waals surface area (Å²) in [5.41, 5.74) is 2.40. The molecule has 1 heterocycles. The Bertz CT molecular complexity index is 246. The van der Waals surface area contributed by atoms with Crippen molar-refractivity contribution in [3.63, 3.8) is 0 Å². The fraction of sp³-hybridized carbons (Fsp3) is 0.700. The number of hydrogen-bond donors (Lipinski definition) is 0. The molecule has 1 aromatic rings. The van der Waals surface area contributed by atoms with E-state index in [9.17, 15) is 0 Å². The van der Waals surface area contributed by atoms with E-state index in [1.54, 1.807) is 0 Å². The first-order valence-corrected chi connectivity index (χ1v) is 4.71. The van der Waals surface area contributed by atoms with Gasteiger partial charge in [-0.2, -0.15) is 5.10 Å². The zero-order valence-electron chi connectivity index (χ0n) is 8.46. The molecule has 2 heteroatoms. The molecule has 0 aliphatic carbocycles. The average Bonchev–Trinajstić information content (AvgIpc) is 2.34. The second kappa shape index (κ2) is 3.74. The lowest BCUT2D eigenvalue weighted by atomic mass is 10.2. The van der Waals surface area contributed by atoms with E-state index in [2.05, 4.69) is 36.6 Å². The molecule has 0 aliphatic heterocycles. The summed E-state index contributed by atoms with van der Waals surface area (Å²) < 4.78 is 2.15. The number of aryl methyl sites for hydroxylation is 2. The number of hydrogen-bond acceptors (Lipinski definition) is 1. The van der Waals surface area contributed by atoms with Crippen LogP contribution in [0.3, 0.4) is 0 Å². The Kier molecular flexibility index (Phi) is 2.90. The Morgan fingerprint density at radius 2 is 1.92 bits per heavy atom. The molecule has 12 heavy (non-hydrogen) atoms. The molecule has 68 valence electrons. The Labute approximate surface area is 74.6 Å². The van der Waals surface area contributed by atoms with Crippen LogP contribution in [-0.4, -0.2) is 9.78 Å². The van der Waals surface area contributed by atoms with Crippen molar-refractivity contribution in [3.05, 3.63) is 17.5 Å². The summed E-state index contributed by atoms with van der Waals surface area (Å²) in [6.45, 7) is 8.60. The smallest absolute Gasteiger partial charge is 0.0596 e. The van der Waals surface area contributed by atoms with Crippen molar-refractivity contribution < 1.29 is 0 Å². The second-order valence-corrected chi connectivity index (χ2v) is 3.34. The van der Waals surface area contributed by atoms with Crippen molar-refractivity contribution in [2.75, 3.05) is 0 Å². The van der Waals surface area contributed by atoms with Crippen molar-refractivity contribution in [2.24, 2.45) is 0 Å². The van der Waals surface area contributed by atoms with Crippen LogP contribution in [0.4, 0.5) is 0 Å². The van der Waals surface area contributed by atoms with Crippen LogP contribution in [0.1, 0.15) is 44.1 Å². The summed E-state index contributed by atoms with van der Waals surface area (Å²) in [6, 6.07) is 2.72. The largest absolute Gasteiger partial charge is 0.267 e. The van der Waals surface area contributed by atoms with E-state index >= 15 is 0 Å². The number of rotatable bonds is 3. The van der Waals surface area contributed by atoms with E-state index in [0.29, 0.717) is 6.04 Å². The van der Waals surface area contributed by atoms with Crippen LogP contribution in [0.5, 0.6) is 0 Å². The van der Waals surface area contributed by atoms with Crippen LogP contribution < -0.4 is 0 Å². The molecule has 0 radical (unpaired) electrons. The molecule has 0 saturated heterocycles. The lowest BCUT2D eigenvalue weighted by Crippen LogP contribution is -2.10. The Morgan fingerprint density at radius 1 is 1.33 bits per heavy atom. The molecule has 0 aliphatic rings. The number of nitrogens with zero attached hydrogens (tertiary/aromatic N) is 2. The van der Waals surface area contributed by atoms with Gasteiger partial charge in [-0.25, -0.2) is 0 Å². The molecule has 0 amide bonds. The van der Waals surface area contributed by atoms with Gasteiger partial charge in [-0.05, 0) is 32.8 Å². The van der Waals surface area contributed by atoms with Gasteiger partial charge in [-0.1, -0.05) is 13.8 Å². The molecule has 0 atom stereocenters. The maximum absolute atomic E-state index is 4.47. The maximum Gasteiger partial charge on any atom is 0.0596 e. The van der Waals surface area contributed by atoms with Crippen LogP contribution >= 0.6 is 0 Å². The van der Waals surface area contributed by atoms with Crippen LogP contribution in [0.25, 0.3) is 0 Å². The van der Waals surface area contributed by atoms with E-state index in [4.69, 9.17) is 0 Å². The highest BCUT2D eigenvalue weighted by atomic mass is 15.3. The summed E-state index contributed by atoms with van der Waals surface area (Å²) >= 11 is 0. The summed E-state index contributed by atoms with van der Waals surface area (Å²) in [6.07, 6.45) is 2.33. The highest BCUT2D eigenvalue weighted by Crippen LogP contribution is 2.17. The van der Waals surface area contributed by atoms with Gasteiger partial charge in [0.1, 0.15) is 0 Å². The molecular formula is C10H18N2. The number of aromatic nitrogens is 2. The zero-order valence-corrected chi connectivity index (χ0v) is 8.46. The van der Waals surface area contributed by atoms with Crippen LogP contribution in [0, 0.1) is 13.8 Å². The molecule has 2 nitrogen and oxygen atoms in total. The molecule has 0 spiro atoms. The first-order valence-electron chi connectivity index (χ1n) is 4.71. The van der Waals surface area contributed by atoms with Crippen molar-refractivity contribution in [3.8, 4) is 0 Å². The van der Waals surface area contributed by atoms with Crippen molar-refractivity contribution >= 4 is 0 Å². The molecule has 0 bridgehead atoms. The monoisotopic (exact) mass is 166 g/mol. The molecule has 0 saturated carbocycles. The van der Waals surface area contributed by atoms with Gasteiger partial charge >= 0.3 is 0 Å². The first-order chi connectivity index (χ1) is 5.69. The van der Waals surface area contributed by atoms with Gasteiger partial charge in [0, 0.05) is 5.69 Å². The average molecular weight is 166 g/mol. The molecule has 1 rings (SSSR count). The predicted octanol–water partition coefficient (Wildman–Crippen LogP) is 2.86. The van der Waals surface area contributed by atoms with Gasteiger partial charge in [0.2, 0.25) is 0 Å². The lowest BCUT2D eigenvalue weighted by Gasteiger charge is -2.14. The Morgan fingerprint density at radius 3 is 2.25 bits per heavy atom. The third-order valence-electron chi connectivity index (χ3n) is 2.33.